The first-order valence-corrected chi connectivity index (χ1v) is 6.11. The molecule has 1 N–H and O–H groups in total. The summed E-state index contributed by atoms with van der Waals surface area (Å²) in [6.45, 7) is 2.33. The first kappa shape index (κ1) is 14.2. The molecule has 1 rings (SSSR count). The van der Waals surface area contributed by atoms with Gasteiger partial charge in [-0.3, -0.25) is 9.59 Å². The maximum atomic E-state index is 11.7. The second kappa shape index (κ2) is 7.48. The summed E-state index contributed by atoms with van der Waals surface area (Å²) in [5, 5.41) is 9.10. The number of carboxylic acid groups (broad SMARTS) is 1. The Hall–Kier alpha value is -1.84. The van der Waals surface area contributed by atoms with Gasteiger partial charge in [-0.15, -0.1) is 0 Å². The number of unbranched alkanes of at least 4 members (excludes halogenated alkanes) is 2. The van der Waals surface area contributed by atoms with Crippen molar-refractivity contribution in [2.45, 2.75) is 32.1 Å². The van der Waals surface area contributed by atoms with Gasteiger partial charge in [0.05, 0.1) is 6.61 Å². The van der Waals surface area contributed by atoms with Gasteiger partial charge >= 0.3 is 11.9 Å². The van der Waals surface area contributed by atoms with Crippen LogP contribution in [0.5, 0.6) is 0 Å². The van der Waals surface area contributed by atoms with Crippen LogP contribution < -0.4 is 0 Å². The zero-order valence-electron chi connectivity index (χ0n) is 10.5. The van der Waals surface area contributed by atoms with E-state index in [9.17, 15) is 9.59 Å². The molecule has 98 valence electrons. The van der Waals surface area contributed by atoms with Crippen molar-refractivity contribution in [3.8, 4) is 0 Å². The second-order valence-corrected chi connectivity index (χ2v) is 4.06. The third-order valence-electron chi connectivity index (χ3n) is 2.61. The molecule has 0 aliphatic carbocycles. The molecule has 0 fully saturated rings. The number of benzene rings is 1. The first-order chi connectivity index (χ1) is 8.66. The normalized spacial score (nSPS) is 11.8. The van der Waals surface area contributed by atoms with Crippen molar-refractivity contribution < 1.29 is 19.4 Å². The third-order valence-corrected chi connectivity index (χ3v) is 2.61. The fraction of sp³-hybridized carbons (Fsp3) is 0.429. The number of carboxylic acids is 1. The molecule has 0 spiro atoms. The minimum absolute atomic E-state index is 0.281. The summed E-state index contributed by atoms with van der Waals surface area (Å²) in [6, 6.07) is 8.42. The number of esters is 1. The maximum Gasteiger partial charge on any atom is 0.324 e. The molecular formula is C14H18O4. The number of rotatable bonds is 7. The number of ether oxygens (including phenoxy) is 1. The van der Waals surface area contributed by atoms with E-state index in [1.165, 1.54) is 0 Å². The molecule has 1 atom stereocenters. The van der Waals surface area contributed by atoms with E-state index in [0.29, 0.717) is 5.56 Å². The minimum Gasteiger partial charge on any atom is -0.480 e. The summed E-state index contributed by atoms with van der Waals surface area (Å²) in [4.78, 5) is 22.9. The first-order valence-electron chi connectivity index (χ1n) is 6.11. The highest BCUT2D eigenvalue weighted by Crippen LogP contribution is 2.17. The van der Waals surface area contributed by atoms with Gasteiger partial charge in [0.2, 0.25) is 0 Å². The van der Waals surface area contributed by atoms with Crippen LogP contribution in [0, 0.1) is 0 Å². The van der Waals surface area contributed by atoms with E-state index in [1.807, 2.05) is 6.92 Å². The lowest BCUT2D eigenvalue weighted by molar-refractivity contribution is -0.154. The summed E-state index contributed by atoms with van der Waals surface area (Å²) in [7, 11) is 0. The van der Waals surface area contributed by atoms with Crippen molar-refractivity contribution in [3.05, 3.63) is 35.9 Å². The Labute approximate surface area is 107 Å². The van der Waals surface area contributed by atoms with E-state index < -0.39 is 17.9 Å². The molecule has 0 aliphatic rings. The highest BCUT2D eigenvalue weighted by atomic mass is 16.5. The number of carbonyl (C=O) groups is 2. The van der Waals surface area contributed by atoms with Crippen molar-refractivity contribution >= 4 is 11.9 Å². The van der Waals surface area contributed by atoms with Gasteiger partial charge in [0.15, 0.2) is 5.92 Å². The van der Waals surface area contributed by atoms with Gasteiger partial charge in [-0.1, -0.05) is 50.1 Å². The summed E-state index contributed by atoms with van der Waals surface area (Å²) < 4.78 is 5.00. The molecule has 0 heterocycles. The smallest absolute Gasteiger partial charge is 0.324 e. The molecule has 4 heteroatoms. The molecule has 1 aromatic carbocycles. The summed E-state index contributed by atoms with van der Waals surface area (Å²) in [6.07, 6.45) is 2.76. The zero-order valence-corrected chi connectivity index (χ0v) is 10.5. The minimum atomic E-state index is -1.23. The molecule has 0 saturated carbocycles. The van der Waals surface area contributed by atoms with Crippen LogP contribution in [0.25, 0.3) is 0 Å². The highest BCUT2D eigenvalue weighted by Gasteiger charge is 2.29. The molecule has 0 saturated heterocycles. The Morgan fingerprint density at radius 3 is 2.44 bits per heavy atom. The molecule has 0 aliphatic heterocycles. The molecule has 0 amide bonds. The van der Waals surface area contributed by atoms with Gasteiger partial charge in [-0.2, -0.15) is 0 Å². The Kier molecular flexibility index (Phi) is 5.91. The number of carbonyl (C=O) groups excluding carboxylic acids is 1. The average Bonchev–Trinajstić information content (AvgIpc) is 2.36. The lowest BCUT2D eigenvalue weighted by atomic mass is 10.00. The van der Waals surface area contributed by atoms with Crippen LogP contribution in [0.4, 0.5) is 0 Å². The van der Waals surface area contributed by atoms with Crippen LogP contribution in [-0.2, 0) is 14.3 Å². The van der Waals surface area contributed by atoms with Crippen LogP contribution in [0.2, 0.25) is 0 Å². The molecule has 1 aromatic rings. The zero-order chi connectivity index (χ0) is 13.4. The van der Waals surface area contributed by atoms with Crippen molar-refractivity contribution in [2.75, 3.05) is 6.61 Å². The second-order valence-electron chi connectivity index (χ2n) is 4.06. The van der Waals surface area contributed by atoms with Crippen LogP contribution >= 0.6 is 0 Å². The van der Waals surface area contributed by atoms with Gasteiger partial charge in [-0.25, -0.2) is 0 Å². The van der Waals surface area contributed by atoms with E-state index in [-0.39, 0.29) is 6.61 Å². The number of aliphatic carboxylic acids is 1. The fourth-order valence-electron chi connectivity index (χ4n) is 1.63. The largest absolute Gasteiger partial charge is 0.480 e. The van der Waals surface area contributed by atoms with E-state index >= 15 is 0 Å². The van der Waals surface area contributed by atoms with Crippen LogP contribution in [0.3, 0.4) is 0 Å². The molecular weight excluding hydrogens is 232 g/mol. The van der Waals surface area contributed by atoms with E-state index in [2.05, 4.69) is 0 Å². The van der Waals surface area contributed by atoms with Crippen molar-refractivity contribution in [1.82, 2.24) is 0 Å². The van der Waals surface area contributed by atoms with E-state index in [1.54, 1.807) is 30.3 Å². The predicted octanol–water partition coefficient (Wildman–Crippen LogP) is 2.59. The van der Waals surface area contributed by atoms with E-state index in [0.717, 1.165) is 19.3 Å². The SMILES string of the molecule is CCCCCOC(=O)[C@H](C(=O)O)c1ccccc1. The molecule has 4 nitrogen and oxygen atoms in total. The molecule has 0 aromatic heterocycles. The Balaban J connectivity index is 2.63. The van der Waals surface area contributed by atoms with Gasteiger partial charge in [-0.05, 0) is 12.0 Å². The van der Waals surface area contributed by atoms with Crippen LogP contribution in [-0.4, -0.2) is 23.7 Å². The van der Waals surface area contributed by atoms with E-state index in [4.69, 9.17) is 9.84 Å². The van der Waals surface area contributed by atoms with Gasteiger partial charge in [0, 0.05) is 0 Å². The molecule has 0 radical (unpaired) electrons. The molecule has 0 unspecified atom stereocenters. The number of hydrogen-bond donors (Lipinski definition) is 1. The average molecular weight is 250 g/mol. The van der Waals surface area contributed by atoms with Gasteiger partial charge in [0.25, 0.3) is 0 Å². The lowest BCUT2D eigenvalue weighted by Crippen LogP contribution is -2.24. The van der Waals surface area contributed by atoms with Gasteiger partial charge in [0.1, 0.15) is 0 Å². The summed E-state index contributed by atoms with van der Waals surface area (Å²) in [5.74, 6) is -3.10. The quantitative estimate of drug-likeness (QED) is 0.459. The van der Waals surface area contributed by atoms with Gasteiger partial charge < -0.3 is 9.84 Å². The summed E-state index contributed by atoms with van der Waals surface area (Å²) in [5.41, 5.74) is 0.450. The predicted molar refractivity (Wildman–Crippen MR) is 67.3 cm³/mol. The Bertz CT molecular complexity index is 386. The standard InChI is InChI=1S/C14H18O4/c1-2-3-7-10-18-14(17)12(13(15)16)11-8-5-4-6-9-11/h4-6,8-9,12H,2-3,7,10H2,1H3,(H,15,16)/t12-/m0/s1. The number of hydrogen-bond acceptors (Lipinski definition) is 3. The third kappa shape index (κ3) is 4.20. The highest BCUT2D eigenvalue weighted by molar-refractivity contribution is 5.99. The van der Waals surface area contributed by atoms with Crippen LogP contribution in [0.1, 0.15) is 37.7 Å². The fourth-order valence-corrected chi connectivity index (χ4v) is 1.63. The molecule has 0 bridgehead atoms. The summed E-state index contributed by atoms with van der Waals surface area (Å²) >= 11 is 0. The topological polar surface area (TPSA) is 63.6 Å². The Morgan fingerprint density at radius 2 is 1.89 bits per heavy atom. The van der Waals surface area contributed by atoms with Crippen LogP contribution in [0.15, 0.2) is 30.3 Å². The van der Waals surface area contributed by atoms with Crippen molar-refractivity contribution in [1.29, 1.82) is 0 Å². The Morgan fingerprint density at radius 1 is 1.22 bits per heavy atom. The molecule has 18 heavy (non-hydrogen) atoms. The lowest BCUT2D eigenvalue weighted by Gasteiger charge is -2.12. The monoisotopic (exact) mass is 250 g/mol. The van der Waals surface area contributed by atoms with Crippen molar-refractivity contribution in [2.24, 2.45) is 0 Å². The maximum absolute atomic E-state index is 11.7. The van der Waals surface area contributed by atoms with Crippen molar-refractivity contribution in [3.63, 3.8) is 0 Å².